The molecule has 0 aliphatic carbocycles. The average Bonchev–Trinajstić information content (AvgIpc) is 2.69. The van der Waals surface area contributed by atoms with Crippen molar-refractivity contribution in [2.45, 2.75) is 25.8 Å². The number of hydrogen-bond donors (Lipinski definition) is 4. The summed E-state index contributed by atoms with van der Waals surface area (Å²) in [5.74, 6) is 1.31. The predicted molar refractivity (Wildman–Crippen MR) is 110 cm³/mol. The second kappa shape index (κ2) is 9.12. The third kappa shape index (κ3) is 4.73. The molecule has 0 spiro atoms. The number of fused-ring (bicyclic) bond motifs is 1. The van der Waals surface area contributed by atoms with Gasteiger partial charge in [-0.3, -0.25) is 4.79 Å². The molecule has 4 N–H and O–H groups in total. The normalized spacial score (nSPS) is 16.1. The monoisotopic (exact) mass is 382 g/mol. The van der Waals surface area contributed by atoms with Crippen LogP contribution in [0, 0.1) is 0 Å². The van der Waals surface area contributed by atoms with Crippen LogP contribution in [0.4, 0.5) is 5.69 Å². The molecule has 148 valence electrons. The highest BCUT2D eigenvalue weighted by Gasteiger charge is 2.24. The fraction of sp³-hybridized carbons (Fsp3) is 0.333. The van der Waals surface area contributed by atoms with Gasteiger partial charge in [-0.2, -0.15) is 0 Å². The number of aromatic hydroxyl groups is 1. The summed E-state index contributed by atoms with van der Waals surface area (Å²) >= 11 is 0. The zero-order chi connectivity index (χ0) is 19.9. The minimum atomic E-state index is 0.0288. The van der Waals surface area contributed by atoms with Crippen molar-refractivity contribution < 1.29 is 14.6 Å². The lowest BCUT2D eigenvalue weighted by molar-refractivity contribution is -0.116. The Kier molecular flexibility index (Phi) is 6.37. The van der Waals surface area contributed by atoms with Gasteiger partial charge in [-0.25, -0.2) is 4.99 Å². The first-order valence-electron chi connectivity index (χ1n) is 9.37. The minimum Gasteiger partial charge on any atom is -0.504 e. The number of phenols is 1. The average molecular weight is 382 g/mol. The first kappa shape index (κ1) is 19.5. The summed E-state index contributed by atoms with van der Waals surface area (Å²) in [6.07, 6.45) is 0.440. The van der Waals surface area contributed by atoms with Crippen molar-refractivity contribution >= 4 is 17.6 Å². The van der Waals surface area contributed by atoms with Gasteiger partial charge in [0.15, 0.2) is 17.5 Å². The molecule has 0 bridgehead atoms. The van der Waals surface area contributed by atoms with Gasteiger partial charge in [-0.05, 0) is 36.2 Å². The Morgan fingerprint density at radius 1 is 1.29 bits per heavy atom. The lowest BCUT2D eigenvalue weighted by atomic mass is 9.90. The molecular formula is C21H26N4O3. The molecule has 2 aromatic rings. The highest BCUT2D eigenvalue weighted by molar-refractivity contribution is 5.94. The van der Waals surface area contributed by atoms with Crippen LogP contribution in [0.1, 0.15) is 30.4 Å². The van der Waals surface area contributed by atoms with Gasteiger partial charge >= 0.3 is 0 Å². The molecule has 28 heavy (non-hydrogen) atoms. The van der Waals surface area contributed by atoms with E-state index in [4.69, 9.17) is 4.74 Å². The standard InChI is InChI=1S/C21H26N4O3/c1-3-22-21(23-12-14-8-9-19(28-2)18(26)10-14)24-13-15-11-20(27)25-17-7-5-4-6-16(15)17/h4-10,15,26H,3,11-13H2,1-2H3,(H,25,27)(H2,22,23,24). The smallest absolute Gasteiger partial charge is 0.225 e. The molecule has 1 heterocycles. The second-order valence-electron chi connectivity index (χ2n) is 6.62. The van der Waals surface area contributed by atoms with Gasteiger partial charge in [0.25, 0.3) is 0 Å². The van der Waals surface area contributed by atoms with E-state index in [1.54, 1.807) is 12.1 Å². The number of aliphatic imine (C=N–C) groups is 1. The number of para-hydroxylation sites is 1. The van der Waals surface area contributed by atoms with Crippen LogP contribution < -0.4 is 20.7 Å². The molecule has 0 saturated carbocycles. The van der Waals surface area contributed by atoms with E-state index in [0.717, 1.165) is 23.4 Å². The van der Waals surface area contributed by atoms with E-state index in [9.17, 15) is 9.90 Å². The first-order chi connectivity index (χ1) is 13.6. The van der Waals surface area contributed by atoms with Gasteiger partial charge in [0, 0.05) is 31.1 Å². The van der Waals surface area contributed by atoms with Crippen molar-refractivity contribution in [2.75, 3.05) is 25.5 Å². The van der Waals surface area contributed by atoms with Crippen molar-refractivity contribution in [3.05, 3.63) is 53.6 Å². The summed E-state index contributed by atoms with van der Waals surface area (Å²) in [5.41, 5.74) is 2.88. The van der Waals surface area contributed by atoms with Crippen molar-refractivity contribution in [1.82, 2.24) is 10.6 Å². The lowest BCUT2D eigenvalue weighted by Crippen LogP contribution is -2.40. The fourth-order valence-electron chi connectivity index (χ4n) is 3.25. The molecule has 0 saturated heterocycles. The molecule has 7 heteroatoms. The Balaban J connectivity index is 1.67. The number of rotatable bonds is 6. The Bertz CT molecular complexity index is 866. The van der Waals surface area contributed by atoms with Gasteiger partial charge in [0.1, 0.15) is 0 Å². The summed E-state index contributed by atoms with van der Waals surface area (Å²) in [4.78, 5) is 16.6. The predicted octanol–water partition coefficient (Wildman–Crippen LogP) is 2.58. The van der Waals surface area contributed by atoms with Crippen molar-refractivity contribution in [3.8, 4) is 11.5 Å². The molecule has 3 rings (SSSR count). The van der Waals surface area contributed by atoms with Crippen LogP contribution in [0.2, 0.25) is 0 Å². The minimum absolute atomic E-state index is 0.0288. The topological polar surface area (TPSA) is 95.0 Å². The molecule has 1 amide bonds. The van der Waals surface area contributed by atoms with Gasteiger partial charge < -0.3 is 25.8 Å². The van der Waals surface area contributed by atoms with Gasteiger partial charge in [0.2, 0.25) is 5.91 Å². The van der Waals surface area contributed by atoms with Crippen LogP contribution >= 0.6 is 0 Å². The number of benzene rings is 2. The van der Waals surface area contributed by atoms with E-state index in [-0.39, 0.29) is 17.6 Å². The van der Waals surface area contributed by atoms with Gasteiger partial charge in [-0.15, -0.1) is 0 Å². The molecule has 0 fully saturated rings. The highest BCUT2D eigenvalue weighted by atomic mass is 16.5. The van der Waals surface area contributed by atoms with E-state index in [1.807, 2.05) is 37.3 Å². The molecular weight excluding hydrogens is 356 g/mol. The van der Waals surface area contributed by atoms with Crippen LogP contribution in [0.3, 0.4) is 0 Å². The number of amides is 1. The van der Waals surface area contributed by atoms with E-state index < -0.39 is 0 Å². The summed E-state index contributed by atoms with van der Waals surface area (Å²) in [6.45, 7) is 3.74. The first-order valence-corrected chi connectivity index (χ1v) is 9.37. The molecule has 7 nitrogen and oxygen atoms in total. The molecule has 1 aliphatic rings. The number of methoxy groups -OCH3 is 1. The third-order valence-electron chi connectivity index (χ3n) is 4.63. The number of phenolic OH excluding ortho intramolecular Hbond substituents is 1. The van der Waals surface area contributed by atoms with Crippen LogP contribution in [0.15, 0.2) is 47.5 Å². The number of carbonyl (C=O) groups is 1. The van der Waals surface area contributed by atoms with Crippen LogP contribution in [0.5, 0.6) is 11.5 Å². The summed E-state index contributed by atoms with van der Waals surface area (Å²) < 4.78 is 5.06. The maximum absolute atomic E-state index is 12.0. The molecule has 1 aliphatic heterocycles. The molecule has 0 radical (unpaired) electrons. The highest BCUT2D eigenvalue weighted by Crippen LogP contribution is 2.31. The Morgan fingerprint density at radius 3 is 2.86 bits per heavy atom. The van der Waals surface area contributed by atoms with Gasteiger partial charge in [0.05, 0.1) is 13.7 Å². The van der Waals surface area contributed by atoms with Crippen LogP contribution in [-0.4, -0.2) is 37.2 Å². The number of carbonyl (C=O) groups excluding carboxylic acids is 1. The Hall–Kier alpha value is -3.22. The number of guanidine groups is 1. The largest absolute Gasteiger partial charge is 0.504 e. The quantitative estimate of drug-likeness (QED) is 0.455. The Morgan fingerprint density at radius 2 is 2.11 bits per heavy atom. The summed E-state index contributed by atoms with van der Waals surface area (Å²) in [7, 11) is 1.52. The second-order valence-corrected chi connectivity index (χ2v) is 6.62. The van der Waals surface area contributed by atoms with E-state index >= 15 is 0 Å². The van der Waals surface area contributed by atoms with Gasteiger partial charge in [-0.1, -0.05) is 24.3 Å². The zero-order valence-corrected chi connectivity index (χ0v) is 16.2. The van der Waals surface area contributed by atoms with Crippen LogP contribution in [-0.2, 0) is 11.3 Å². The number of hydrogen-bond acceptors (Lipinski definition) is 4. The molecule has 0 aromatic heterocycles. The maximum Gasteiger partial charge on any atom is 0.225 e. The maximum atomic E-state index is 12.0. The molecule has 2 aromatic carbocycles. The third-order valence-corrected chi connectivity index (χ3v) is 4.63. The number of nitrogens with zero attached hydrogens (tertiary/aromatic N) is 1. The van der Waals surface area contributed by atoms with Crippen molar-refractivity contribution in [1.29, 1.82) is 0 Å². The molecule has 1 unspecified atom stereocenters. The fourth-order valence-corrected chi connectivity index (χ4v) is 3.25. The summed E-state index contributed by atoms with van der Waals surface area (Å²) in [5, 5.41) is 19.4. The number of anilines is 1. The number of nitrogens with one attached hydrogen (secondary N) is 3. The Labute approximate surface area is 164 Å². The van der Waals surface area contributed by atoms with E-state index in [0.29, 0.717) is 31.2 Å². The molecule has 1 atom stereocenters. The van der Waals surface area contributed by atoms with E-state index in [2.05, 4.69) is 20.9 Å². The van der Waals surface area contributed by atoms with Crippen LogP contribution in [0.25, 0.3) is 0 Å². The zero-order valence-electron chi connectivity index (χ0n) is 16.2. The van der Waals surface area contributed by atoms with Crippen molar-refractivity contribution in [2.24, 2.45) is 4.99 Å². The summed E-state index contributed by atoms with van der Waals surface area (Å²) in [6, 6.07) is 13.1. The lowest BCUT2D eigenvalue weighted by Gasteiger charge is -2.26. The van der Waals surface area contributed by atoms with Crippen molar-refractivity contribution in [3.63, 3.8) is 0 Å². The van der Waals surface area contributed by atoms with E-state index in [1.165, 1.54) is 7.11 Å². The number of ether oxygens (including phenoxy) is 1. The SMILES string of the molecule is CCNC(=NCc1ccc(OC)c(O)c1)NCC1CC(=O)Nc2ccccc21.